The number of benzene rings is 1. The summed E-state index contributed by atoms with van der Waals surface area (Å²) < 4.78 is 1.25. The number of guanidine groups is 1. The number of hydrogen-bond acceptors (Lipinski definition) is 3. The van der Waals surface area contributed by atoms with E-state index in [-0.39, 0.29) is 5.54 Å². The fourth-order valence-corrected chi connectivity index (χ4v) is 2.87. The summed E-state index contributed by atoms with van der Waals surface area (Å²) in [6.07, 6.45) is 0. The molecule has 4 heteroatoms. The molecule has 0 bridgehead atoms. The van der Waals surface area contributed by atoms with E-state index < -0.39 is 0 Å². The second-order valence-corrected chi connectivity index (χ2v) is 6.16. The van der Waals surface area contributed by atoms with Crippen molar-refractivity contribution < 1.29 is 0 Å². The summed E-state index contributed by atoms with van der Waals surface area (Å²) in [5, 5.41) is 0. The highest BCUT2D eigenvalue weighted by atomic mass is 127. The van der Waals surface area contributed by atoms with Crippen molar-refractivity contribution >= 4 is 28.6 Å². The van der Waals surface area contributed by atoms with Crippen molar-refractivity contribution in [1.29, 1.82) is 0 Å². The van der Waals surface area contributed by atoms with E-state index in [0.29, 0.717) is 12.0 Å². The van der Waals surface area contributed by atoms with Crippen LogP contribution in [0.3, 0.4) is 0 Å². The summed E-state index contributed by atoms with van der Waals surface area (Å²) in [4.78, 5) is 6.61. The minimum Gasteiger partial charge on any atom is -0.370 e. The SMILES string of the molecule is CC(C)N1C(N)=NCC1(C)c1ccc(I)cc1. The molecular weight excluding hydrogens is 325 g/mol. The molecule has 0 aliphatic carbocycles. The Morgan fingerprint density at radius 2 is 1.94 bits per heavy atom. The summed E-state index contributed by atoms with van der Waals surface area (Å²) in [5.41, 5.74) is 7.16. The Morgan fingerprint density at radius 1 is 1.35 bits per heavy atom. The first-order chi connectivity index (χ1) is 7.95. The predicted octanol–water partition coefficient (Wildman–Crippen LogP) is 2.55. The molecule has 1 aromatic rings. The zero-order valence-corrected chi connectivity index (χ0v) is 12.6. The van der Waals surface area contributed by atoms with Crippen molar-refractivity contribution in [3.63, 3.8) is 0 Å². The molecule has 1 unspecified atom stereocenters. The Bertz CT molecular complexity index is 438. The van der Waals surface area contributed by atoms with E-state index in [9.17, 15) is 0 Å². The van der Waals surface area contributed by atoms with E-state index in [4.69, 9.17) is 5.73 Å². The number of aliphatic imine (C=N–C) groups is 1. The number of nitrogens with zero attached hydrogens (tertiary/aromatic N) is 2. The van der Waals surface area contributed by atoms with Crippen LogP contribution in [0.2, 0.25) is 0 Å². The first-order valence-electron chi connectivity index (χ1n) is 5.80. The third-order valence-electron chi connectivity index (χ3n) is 3.31. The number of nitrogens with two attached hydrogens (primary N) is 1. The lowest BCUT2D eigenvalue weighted by Crippen LogP contribution is -2.51. The number of rotatable bonds is 2. The zero-order valence-electron chi connectivity index (χ0n) is 10.4. The predicted molar refractivity (Wildman–Crippen MR) is 80.0 cm³/mol. The summed E-state index contributed by atoms with van der Waals surface area (Å²) in [6, 6.07) is 8.96. The second kappa shape index (κ2) is 4.48. The molecule has 0 spiro atoms. The molecule has 1 aromatic carbocycles. The summed E-state index contributed by atoms with van der Waals surface area (Å²) in [7, 11) is 0. The Morgan fingerprint density at radius 3 is 2.47 bits per heavy atom. The third-order valence-corrected chi connectivity index (χ3v) is 4.03. The number of halogens is 1. The van der Waals surface area contributed by atoms with Crippen LogP contribution in [0.25, 0.3) is 0 Å². The lowest BCUT2D eigenvalue weighted by Gasteiger charge is -2.39. The van der Waals surface area contributed by atoms with Crippen molar-refractivity contribution in [2.75, 3.05) is 6.54 Å². The molecule has 92 valence electrons. The van der Waals surface area contributed by atoms with Crippen LogP contribution in [-0.4, -0.2) is 23.4 Å². The van der Waals surface area contributed by atoms with Gasteiger partial charge in [0.2, 0.25) is 0 Å². The maximum Gasteiger partial charge on any atom is 0.192 e. The lowest BCUT2D eigenvalue weighted by molar-refractivity contribution is 0.185. The van der Waals surface area contributed by atoms with E-state index in [2.05, 4.69) is 77.5 Å². The van der Waals surface area contributed by atoms with Gasteiger partial charge in [-0.15, -0.1) is 0 Å². The van der Waals surface area contributed by atoms with Gasteiger partial charge < -0.3 is 10.6 Å². The van der Waals surface area contributed by atoms with Gasteiger partial charge in [-0.1, -0.05) is 12.1 Å². The fraction of sp³-hybridized carbons (Fsp3) is 0.462. The Balaban J connectivity index is 2.39. The molecule has 0 aromatic heterocycles. The van der Waals surface area contributed by atoms with E-state index in [1.54, 1.807) is 0 Å². The van der Waals surface area contributed by atoms with E-state index in [1.165, 1.54) is 9.13 Å². The molecule has 2 N–H and O–H groups in total. The van der Waals surface area contributed by atoms with Crippen molar-refractivity contribution in [2.24, 2.45) is 10.7 Å². The molecule has 1 aliphatic heterocycles. The standard InChI is InChI=1S/C13H18IN3/c1-9(2)17-12(15)16-8-13(17,3)10-4-6-11(14)7-5-10/h4-7,9H,8H2,1-3H3,(H2,15,16). The topological polar surface area (TPSA) is 41.6 Å². The fourth-order valence-electron chi connectivity index (χ4n) is 2.51. The van der Waals surface area contributed by atoms with Crippen LogP contribution < -0.4 is 5.73 Å². The van der Waals surface area contributed by atoms with Crippen molar-refractivity contribution in [3.8, 4) is 0 Å². The Hall–Kier alpha value is -0.780. The third kappa shape index (κ3) is 2.14. The van der Waals surface area contributed by atoms with Gasteiger partial charge in [0.25, 0.3) is 0 Å². The molecule has 0 radical (unpaired) electrons. The molecular formula is C13H18IN3. The normalized spacial score (nSPS) is 24.3. The Labute approximate surface area is 116 Å². The molecule has 3 nitrogen and oxygen atoms in total. The maximum atomic E-state index is 6.00. The van der Waals surface area contributed by atoms with Crippen LogP contribution in [0.4, 0.5) is 0 Å². The van der Waals surface area contributed by atoms with Gasteiger partial charge in [0.15, 0.2) is 5.96 Å². The second-order valence-electron chi connectivity index (χ2n) is 4.92. The molecule has 1 heterocycles. The van der Waals surface area contributed by atoms with Crippen LogP contribution in [0.5, 0.6) is 0 Å². The minimum atomic E-state index is -0.109. The average molecular weight is 343 g/mol. The van der Waals surface area contributed by atoms with Gasteiger partial charge in [-0.3, -0.25) is 4.99 Å². The highest BCUT2D eigenvalue weighted by Crippen LogP contribution is 2.34. The van der Waals surface area contributed by atoms with E-state index in [1.807, 2.05) is 0 Å². The van der Waals surface area contributed by atoms with Crippen LogP contribution >= 0.6 is 22.6 Å². The van der Waals surface area contributed by atoms with Crippen molar-refractivity contribution in [3.05, 3.63) is 33.4 Å². The van der Waals surface area contributed by atoms with Gasteiger partial charge in [-0.25, -0.2) is 0 Å². The summed E-state index contributed by atoms with van der Waals surface area (Å²) in [5.74, 6) is 0.654. The van der Waals surface area contributed by atoms with Gasteiger partial charge in [-0.05, 0) is 61.1 Å². The van der Waals surface area contributed by atoms with E-state index >= 15 is 0 Å². The molecule has 0 fully saturated rings. The first-order valence-corrected chi connectivity index (χ1v) is 6.88. The Kier molecular flexibility index (Phi) is 3.34. The van der Waals surface area contributed by atoms with E-state index in [0.717, 1.165) is 6.54 Å². The van der Waals surface area contributed by atoms with Crippen LogP contribution in [0.1, 0.15) is 26.3 Å². The quantitative estimate of drug-likeness (QED) is 0.839. The molecule has 17 heavy (non-hydrogen) atoms. The minimum absolute atomic E-state index is 0.109. The van der Waals surface area contributed by atoms with Gasteiger partial charge in [0.1, 0.15) is 0 Å². The molecule has 2 rings (SSSR count). The van der Waals surface area contributed by atoms with Gasteiger partial charge in [0.05, 0.1) is 12.1 Å². The van der Waals surface area contributed by atoms with Crippen LogP contribution in [0, 0.1) is 3.57 Å². The average Bonchev–Trinajstić information content (AvgIpc) is 2.56. The maximum absolute atomic E-state index is 6.00. The highest BCUT2D eigenvalue weighted by molar-refractivity contribution is 14.1. The summed E-state index contributed by atoms with van der Waals surface area (Å²) >= 11 is 2.32. The van der Waals surface area contributed by atoms with Gasteiger partial charge in [-0.2, -0.15) is 0 Å². The molecule has 0 amide bonds. The molecule has 0 saturated heterocycles. The first kappa shape index (κ1) is 12.7. The van der Waals surface area contributed by atoms with Gasteiger partial charge in [0, 0.05) is 9.61 Å². The van der Waals surface area contributed by atoms with Crippen LogP contribution in [0.15, 0.2) is 29.3 Å². The number of hydrogen-bond donors (Lipinski definition) is 1. The molecule has 1 atom stereocenters. The van der Waals surface area contributed by atoms with Crippen molar-refractivity contribution in [1.82, 2.24) is 4.90 Å². The largest absolute Gasteiger partial charge is 0.370 e. The van der Waals surface area contributed by atoms with Crippen LogP contribution in [-0.2, 0) is 5.54 Å². The summed E-state index contributed by atoms with van der Waals surface area (Å²) in [6.45, 7) is 7.24. The zero-order chi connectivity index (χ0) is 12.6. The van der Waals surface area contributed by atoms with Gasteiger partial charge >= 0.3 is 0 Å². The monoisotopic (exact) mass is 343 g/mol. The van der Waals surface area contributed by atoms with Crippen molar-refractivity contribution in [2.45, 2.75) is 32.4 Å². The smallest absolute Gasteiger partial charge is 0.192 e. The lowest BCUT2D eigenvalue weighted by atomic mass is 9.90. The molecule has 1 aliphatic rings. The molecule has 0 saturated carbocycles. The highest BCUT2D eigenvalue weighted by Gasteiger charge is 2.40.